The Morgan fingerprint density at radius 3 is 2.69 bits per heavy atom. The molecule has 2 rings (SSSR count). The van der Waals surface area contributed by atoms with Gasteiger partial charge in [0.15, 0.2) is 5.96 Å². The summed E-state index contributed by atoms with van der Waals surface area (Å²) in [7, 11) is 1.72. The van der Waals surface area contributed by atoms with Crippen molar-refractivity contribution in [2.45, 2.75) is 71.5 Å². The topological polar surface area (TPSA) is 83.3 Å². The van der Waals surface area contributed by atoms with Crippen molar-refractivity contribution in [3.8, 4) is 0 Å². The van der Waals surface area contributed by atoms with Crippen LogP contribution in [-0.2, 0) is 17.6 Å². The largest absolute Gasteiger partial charge is 0.353 e. The van der Waals surface area contributed by atoms with Crippen LogP contribution < -0.4 is 16.0 Å². The van der Waals surface area contributed by atoms with E-state index >= 15 is 0 Å². The molecule has 0 saturated carbocycles. The number of fused-ring (bicyclic) bond motifs is 1. The molecule has 0 aliphatic heterocycles. The summed E-state index contributed by atoms with van der Waals surface area (Å²) in [5.41, 5.74) is 2.28. The standard InChI is InChI=1S/C18H32N6O.HI/c1-12(2)24-11-13-7-8-14(9-15(13)23-24)21-17(19-6)20-10-16(25)22-18(3,4)5;/h11-12,14H,7-10H2,1-6H3,(H,22,25)(H2,19,20,21);1H. The Morgan fingerprint density at radius 1 is 1.42 bits per heavy atom. The molecule has 1 aromatic rings. The van der Waals surface area contributed by atoms with Crippen LogP contribution in [0.3, 0.4) is 0 Å². The van der Waals surface area contributed by atoms with Gasteiger partial charge in [-0.3, -0.25) is 14.5 Å². The molecular formula is C18H33IN6O. The molecule has 26 heavy (non-hydrogen) atoms. The number of nitrogens with one attached hydrogen (secondary N) is 3. The molecule has 0 aromatic carbocycles. The summed E-state index contributed by atoms with van der Waals surface area (Å²) in [4.78, 5) is 16.2. The van der Waals surface area contributed by atoms with E-state index in [1.165, 1.54) is 11.3 Å². The number of nitrogens with zero attached hydrogens (tertiary/aromatic N) is 3. The first-order valence-corrected chi connectivity index (χ1v) is 9.03. The number of halogens is 1. The SMILES string of the molecule is CN=C(NCC(=O)NC(C)(C)C)NC1CCc2cn(C(C)C)nc2C1.I. The zero-order valence-corrected chi connectivity index (χ0v) is 19.0. The van der Waals surface area contributed by atoms with Gasteiger partial charge < -0.3 is 16.0 Å². The number of guanidine groups is 1. The fourth-order valence-electron chi connectivity index (χ4n) is 2.91. The Labute approximate surface area is 173 Å². The van der Waals surface area contributed by atoms with Gasteiger partial charge in [-0.25, -0.2) is 0 Å². The minimum absolute atomic E-state index is 0. The first kappa shape index (κ1) is 22.7. The molecule has 7 nitrogen and oxygen atoms in total. The van der Waals surface area contributed by atoms with Crippen LogP contribution in [0, 0.1) is 0 Å². The Hall–Kier alpha value is -1.32. The molecule has 1 heterocycles. The molecule has 0 fully saturated rings. The lowest BCUT2D eigenvalue weighted by atomic mass is 9.94. The van der Waals surface area contributed by atoms with Crippen LogP contribution in [0.25, 0.3) is 0 Å². The molecule has 1 aliphatic rings. The van der Waals surface area contributed by atoms with E-state index in [-0.39, 0.29) is 48.0 Å². The average molecular weight is 476 g/mol. The number of rotatable bonds is 4. The van der Waals surface area contributed by atoms with E-state index in [2.05, 4.69) is 41.0 Å². The maximum atomic E-state index is 11.9. The van der Waals surface area contributed by atoms with Crippen LogP contribution >= 0.6 is 24.0 Å². The lowest BCUT2D eigenvalue weighted by molar-refractivity contribution is -0.121. The summed E-state index contributed by atoms with van der Waals surface area (Å²) >= 11 is 0. The number of aromatic nitrogens is 2. The number of hydrogen-bond acceptors (Lipinski definition) is 3. The van der Waals surface area contributed by atoms with E-state index in [9.17, 15) is 4.79 Å². The molecule has 1 aromatic heterocycles. The first-order chi connectivity index (χ1) is 11.7. The van der Waals surface area contributed by atoms with Crippen LogP contribution in [0.1, 0.15) is 58.3 Å². The van der Waals surface area contributed by atoms with Gasteiger partial charge in [-0.2, -0.15) is 5.10 Å². The Balaban J connectivity index is 0.00000338. The van der Waals surface area contributed by atoms with Gasteiger partial charge in [-0.15, -0.1) is 24.0 Å². The molecule has 1 amide bonds. The molecule has 0 radical (unpaired) electrons. The highest BCUT2D eigenvalue weighted by Crippen LogP contribution is 2.21. The summed E-state index contributed by atoms with van der Waals surface area (Å²) in [6, 6.07) is 0.660. The number of carbonyl (C=O) groups excluding carboxylic acids is 1. The second-order valence-electron chi connectivity index (χ2n) is 7.98. The summed E-state index contributed by atoms with van der Waals surface area (Å²) < 4.78 is 2.04. The van der Waals surface area contributed by atoms with Crippen molar-refractivity contribution in [3.05, 3.63) is 17.5 Å². The third kappa shape index (κ3) is 6.77. The highest BCUT2D eigenvalue weighted by atomic mass is 127. The second-order valence-corrected chi connectivity index (χ2v) is 7.98. The predicted octanol–water partition coefficient (Wildman–Crippen LogP) is 2.02. The van der Waals surface area contributed by atoms with Crippen molar-refractivity contribution in [3.63, 3.8) is 0 Å². The lowest BCUT2D eigenvalue weighted by Crippen LogP contribution is -2.50. The first-order valence-electron chi connectivity index (χ1n) is 9.03. The lowest BCUT2D eigenvalue weighted by Gasteiger charge is -2.25. The van der Waals surface area contributed by atoms with Gasteiger partial charge in [0.2, 0.25) is 5.91 Å². The molecule has 0 spiro atoms. The van der Waals surface area contributed by atoms with E-state index in [1.807, 2.05) is 25.5 Å². The minimum Gasteiger partial charge on any atom is -0.353 e. The number of carbonyl (C=O) groups is 1. The summed E-state index contributed by atoms with van der Waals surface area (Å²) in [6.07, 6.45) is 5.09. The third-order valence-electron chi connectivity index (χ3n) is 4.12. The van der Waals surface area contributed by atoms with Crippen LogP contribution in [0.4, 0.5) is 0 Å². The third-order valence-corrected chi connectivity index (χ3v) is 4.12. The van der Waals surface area contributed by atoms with Crippen LogP contribution in [0.5, 0.6) is 0 Å². The maximum absolute atomic E-state index is 11.9. The van der Waals surface area contributed by atoms with Crippen molar-refractivity contribution in [1.29, 1.82) is 0 Å². The zero-order chi connectivity index (χ0) is 18.6. The van der Waals surface area contributed by atoms with Gasteiger partial charge in [0.25, 0.3) is 0 Å². The molecule has 1 aliphatic carbocycles. The van der Waals surface area contributed by atoms with Gasteiger partial charge in [-0.1, -0.05) is 0 Å². The molecule has 0 bridgehead atoms. The normalized spacial score (nSPS) is 17.3. The van der Waals surface area contributed by atoms with Gasteiger partial charge in [-0.05, 0) is 53.0 Å². The number of aliphatic imine (C=N–C) groups is 1. The van der Waals surface area contributed by atoms with Gasteiger partial charge in [0, 0.05) is 37.3 Å². The van der Waals surface area contributed by atoms with Crippen LogP contribution in [0.2, 0.25) is 0 Å². The Kier molecular flexibility index (Phi) is 8.36. The Morgan fingerprint density at radius 2 is 2.12 bits per heavy atom. The highest BCUT2D eigenvalue weighted by Gasteiger charge is 2.23. The van der Waals surface area contributed by atoms with Gasteiger partial charge in [0.05, 0.1) is 12.2 Å². The molecule has 3 N–H and O–H groups in total. The second kappa shape index (κ2) is 9.57. The highest BCUT2D eigenvalue weighted by molar-refractivity contribution is 14.0. The van der Waals surface area contributed by atoms with Crippen molar-refractivity contribution >= 4 is 35.8 Å². The molecular weight excluding hydrogens is 443 g/mol. The van der Waals surface area contributed by atoms with Crippen molar-refractivity contribution < 1.29 is 4.79 Å². The number of aryl methyl sites for hydroxylation is 1. The molecule has 1 unspecified atom stereocenters. The average Bonchev–Trinajstić information content (AvgIpc) is 2.93. The quantitative estimate of drug-likeness (QED) is 0.353. The molecule has 148 valence electrons. The summed E-state index contributed by atoms with van der Waals surface area (Å²) in [5, 5.41) is 14.1. The molecule has 1 atom stereocenters. The molecule has 0 saturated heterocycles. The van der Waals surface area contributed by atoms with E-state index in [0.717, 1.165) is 19.3 Å². The Bertz CT molecular complexity index is 632. The predicted molar refractivity (Wildman–Crippen MR) is 116 cm³/mol. The van der Waals surface area contributed by atoms with Crippen molar-refractivity contribution in [2.75, 3.05) is 13.6 Å². The molecule has 8 heteroatoms. The van der Waals surface area contributed by atoms with E-state index in [0.29, 0.717) is 12.0 Å². The van der Waals surface area contributed by atoms with E-state index < -0.39 is 0 Å². The van der Waals surface area contributed by atoms with E-state index in [4.69, 9.17) is 5.10 Å². The van der Waals surface area contributed by atoms with Crippen molar-refractivity contribution in [2.24, 2.45) is 4.99 Å². The number of hydrogen-bond donors (Lipinski definition) is 3. The van der Waals surface area contributed by atoms with Gasteiger partial charge >= 0.3 is 0 Å². The summed E-state index contributed by atoms with van der Waals surface area (Å²) in [6.45, 7) is 10.4. The van der Waals surface area contributed by atoms with Crippen LogP contribution in [0.15, 0.2) is 11.2 Å². The smallest absolute Gasteiger partial charge is 0.239 e. The maximum Gasteiger partial charge on any atom is 0.239 e. The summed E-state index contributed by atoms with van der Waals surface area (Å²) in [5.74, 6) is 0.609. The van der Waals surface area contributed by atoms with Gasteiger partial charge in [0.1, 0.15) is 0 Å². The van der Waals surface area contributed by atoms with E-state index in [1.54, 1.807) is 7.05 Å². The van der Waals surface area contributed by atoms with Crippen LogP contribution in [-0.4, -0.2) is 46.8 Å². The number of amides is 1. The zero-order valence-electron chi connectivity index (χ0n) is 16.7. The minimum atomic E-state index is -0.231. The fraction of sp³-hybridized carbons (Fsp3) is 0.722. The van der Waals surface area contributed by atoms with Crippen molar-refractivity contribution in [1.82, 2.24) is 25.7 Å². The fourth-order valence-corrected chi connectivity index (χ4v) is 2.91. The monoisotopic (exact) mass is 476 g/mol.